The molecule has 0 atom stereocenters. The first-order valence-corrected chi connectivity index (χ1v) is 13.4. The summed E-state index contributed by atoms with van der Waals surface area (Å²) in [6.07, 6.45) is 3.76. The van der Waals surface area contributed by atoms with E-state index in [1.54, 1.807) is 17.6 Å². The van der Waals surface area contributed by atoms with Crippen molar-refractivity contribution < 1.29 is 13.2 Å². The monoisotopic (exact) mass is 529 g/mol. The molecule has 1 N–H and O–H groups in total. The number of imidazole rings is 1. The Morgan fingerprint density at radius 1 is 1.11 bits per heavy atom. The third kappa shape index (κ3) is 7.72. The lowest BCUT2D eigenvalue weighted by Crippen LogP contribution is -2.31. The average Bonchev–Trinajstić information content (AvgIpc) is 3.08. The van der Waals surface area contributed by atoms with Crippen LogP contribution in [0.2, 0.25) is 10.2 Å². The Morgan fingerprint density at radius 3 is 2.51 bits per heavy atom. The van der Waals surface area contributed by atoms with Gasteiger partial charge in [-0.2, -0.15) is 0 Å². The summed E-state index contributed by atoms with van der Waals surface area (Å²) in [6.45, 7) is 4.01. The number of aromatic nitrogens is 2. The second-order valence-electron chi connectivity index (χ2n) is 7.82. The van der Waals surface area contributed by atoms with E-state index < -0.39 is 15.9 Å². The van der Waals surface area contributed by atoms with Crippen molar-refractivity contribution in [3.63, 3.8) is 0 Å². The van der Waals surface area contributed by atoms with Gasteiger partial charge < -0.3 is 4.57 Å². The largest absolute Gasteiger partial charge is 0.323 e. The molecule has 0 radical (unpaired) electrons. The van der Waals surface area contributed by atoms with Crippen LogP contribution in [0.4, 0.5) is 0 Å². The molecule has 3 rings (SSSR count). The Hall–Kier alpha value is -3.05. The van der Waals surface area contributed by atoms with Gasteiger partial charge in [0.05, 0.1) is 18.0 Å². The van der Waals surface area contributed by atoms with E-state index in [9.17, 15) is 13.2 Å². The summed E-state index contributed by atoms with van der Waals surface area (Å²) < 4.78 is 27.7. The van der Waals surface area contributed by atoms with Crippen molar-refractivity contribution in [2.45, 2.75) is 33.2 Å². The number of nitrogens with one attached hydrogen (secondary N) is 1. The van der Waals surface area contributed by atoms with Gasteiger partial charge in [0.15, 0.2) is 5.15 Å². The Balaban J connectivity index is 1.78. The van der Waals surface area contributed by atoms with E-state index in [1.165, 1.54) is 6.08 Å². The van der Waals surface area contributed by atoms with Crippen LogP contribution in [-0.4, -0.2) is 29.6 Å². The minimum Gasteiger partial charge on any atom is -0.323 e. The zero-order valence-electron chi connectivity index (χ0n) is 19.4. The number of amides is 1. The Kier molecular flexibility index (Phi) is 9.16. The van der Waals surface area contributed by atoms with Crippen molar-refractivity contribution in [1.82, 2.24) is 14.3 Å². The summed E-state index contributed by atoms with van der Waals surface area (Å²) in [5.74, 6) is 5.97. The number of benzene rings is 2. The van der Waals surface area contributed by atoms with Crippen molar-refractivity contribution in [3.8, 4) is 11.8 Å². The maximum Gasteiger partial charge on any atom is 0.257 e. The van der Waals surface area contributed by atoms with Crippen LogP contribution in [0.25, 0.3) is 6.08 Å². The minimum atomic E-state index is -3.68. The number of carbonyl (C=O) groups excluding carboxylic acids is 1. The summed E-state index contributed by atoms with van der Waals surface area (Å²) in [5, 5.41) is 0.727. The van der Waals surface area contributed by atoms with E-state index in [1.807, 2.05) is 54.1 Å². The molecular weight excluding hydrogens is 505 g/mol. The fourth-order valence-electron chi connectivity index (χ4n) is 3.22. The maximum atomic E-state index is 12.2. The molecule has 1 aromatic heterocycles. The summed E-state index contributed by atoms with van der Waals surface area (Å²) >= 11 is 12.8. The maximum absolute atomic E-state index is 12.2. The highest BCUT2D eigenvalue weighted by atomic mass is 35.5. The van der Waals surface area contributed by atoms with Gasteiger partial charge in [-0.1, -0.05) is 72.7 Å². The smallest absolute Gasteiger partial charge is 0.257 e. The molecule has 0 spiro atoms. The van der Waals surface area contributed by atoms with Gasteiger partial charge >= 0.3 is 0 Å². The zero-order valence-corrected chi connectivity index (χ0v) is 21.7. The predicted molar refractivity (Wildman–Crippen MR) is 141 cm³/mol. The molecule has 35 heavy (non-hydrogen) atoms. The lowest BCUT2D eigenvalue weighted by molar-refractivity contribution is -0.114. The first kappa shape index (κ1) is 26.6. The fourth-order valence-corrected chi connectivity index (χ4v) is 4.89. The SMILES string of the molecule is CCCCS(=O)(=O)NC(=O)C=Cc1c(Cl)nc(C)n1Cc1ccc(C#Cc2ccccc2)cc1Cl. The zero-order chi connectivity index (χ0) is 25.4. The van der Waals surface area contributed by atoms with Crippen LogP contribution in [0, 0.1) is 18.8 Å². The summed E-state index contributed by atoms with van der Waals surface area (Å²) in [5.41, 5.74) is 2.98. The number of rotatable bonds is 8. The molecule has 3 aromatic rings. The number of halogens is 2. The first-order chi connectivity index (χ1) is 16.7. The molecule has 6 nitrogen and oxygen atoms in total. The first-order valence-electron chi connectivity index (χ1n) is 11.0. The van der Waals surface area contributed by atoms with Crippen LogP contribution in [0.3, 0.4) is 0 Å². The molecular formula is C26H25Cl2N3O3S. The van der Waals surface area contributed by atoms with Crippen LogP contribution in [0.5, 0.6) is 0 Å². The molecule has 0 unspecified atom stereocenters. The van der Waals surface area contributed by atoms with Crippen LogP contribution in [0.15, 0.2) is 54.6 Å². The van der Waals surface area contributed by atoms with Crippen LogP contribution < -0.4 is 4.72 Å². The highest BCUT2D eigenvalue weighted by molar-refractivity contribution is 7.90. The minimum absolute atomic E-state index is 0.106. The second kappa shape index (κ2) is 12.1. The van der Waals surface area contributed by atoms with Gasteiger partial charge in [-0.15, -0.1) is 0 Å². The van der Waals surface area contributed by atoms with Crippen LogP contribution in [0.1, 0.15) is 48.0 Å². The van der Waals surface area contributed by atoms with Crippen LogP contribution >= 0.6 is 23.2 Å². The highest BCUT2D eigenvalue weighted by Gasteiger charge is 2.15. The fraction of sp³-hybridized carbons (Fsp3) is 0.231. The number of sulfonamides is 1. The van der Waals surface area contributed by atoms with Crippen molar-refractivity contribution >= 4 is 45.2 Å². The molecule has 9 heteroatoms. The van der Waals surface area contributed by atoms with Crippen molar-refractivity contribution in [2.24, 2.45) is 0 Å². The Labute approximate surface area is 216 Å². The lowest BCUT2D eigenvalue weighted by atomic mass is 10.1. The molecule has 0 bridgehead atoms. The van der Waals surface area contributed by atoms with E-state index >= 15 is 0 Å². The topological polar surface area (TPSA) is 81.1 Å². The van der Waals surface area contributed by atoms with Gasteiger partial charge in [0.1, 0.15) is 5.82 Å². The molecule has 182 valence electrons. The average molecular weight is 530 g/mol. The van der Waals surface area contributed by atoms with Crippen molar-refractivity contribution in [3.05, 3.63) is 93.0 Å². The standard InChI is InChI=1S/C26H25Cl2N3O3S/c1-3-4-16-35(33,34)30-25(32)15-14-24-26(28)29-19(2)31(24)18-22-13-12-21(17-23(22)27)11-10-20-8-6-5-7-9-20/h5-9,12-15,17H,3-4,16,18H2,1-2H3,(H,30,32). The number of nitrogens with zero attached hydrogens (tertiary/aromatic N) is 2. The van der Waals surface area contributed by atoms with Gasteiger partial charge in [0.2, 0.25) is 10.0 Å². The molecule has 1 heterocycles. The van der Waals surface area contributed by atoms with E-state index in [4.69, 9.17) is 23.2 Å². The number of hydrogen-bond acceptors (Lipinski definition) is 4. The van der Waals surface area contributed by atoms with Crippen LogP contribution in [-0.2, 0) is 21.4 Å². The third-order valence-corrected chi connectivity index (χ3v) is 7.04. The molecule has 0 fully saturated rings. The number of aryl methyl sites for hydroxylation is 1. The Morgan fingerprint density at radius 2 is 1.83 bits per heavy atom. The summed E-state index contributed by atoms with van der Waals surface area (Å²) in [4.78, 5) is 16.4. The van der Waals surface area contributed by atoms with Gasteiger partial charge in [-0.05, 0) is 49.2 Å². The van der Waals surface area contributed by atoms with Crippen molar-refractivity contribution in [2.75, 3.05) is 5.75 Å². The molecule has 0 saturated carbocycles. The predicted octanol–water partition coefficient (Wildman–Crippen LogP) is 5.21. The van der Waals surface area contributed by atoms with Gasteiger partial charge in [0.25, 0.3) is 5.91 Å². The molecule has 0 aliphatic rings. The van der Waals surface area contributed by atoms with E-state index in [0.717, 1.165) is 22.8 Å². The normalized spacial score (nSPS) is 11.3. The van der Waals surface area contributed by atoms with Crippen molar-refractivity contribution in [1.29, 1.82) is 0 Å². The second-order valence-corrected chi connectivity index (χ2v) is 10.4. The lowest BCUT2D eigenvalue weighted by Gasteiger charge is -2.10. The third-order valence-electron chi connectivity index (χ3n) is 5.07. The number of hydrogen-bond donors (Lipinski definition) is 1. The van der Waals surface area contributed by atoms with E-state index in [-0.39, 0.29) is 10.9 Å². The molecule has 0 aliphatic heterocycles. The summed E-state index contributed by atoms with van der Waals surface area (Å²) in [7, 11) is -3.68. The van der Waals surface area contributed by atoms with Gasteiger partial charge in [0, 0.05) is 22.2 Å². The Bertz CT molecular complexity index is 1400. The van der Waals surface area contributed by atoms with E-state index in [0.29, 0.717) is 35.9 Å². The molecule has 0 saturated heterocycles. The quantitative estimate of drug-likeness (QED) is 0.321. The van der Waals surface area contributed by atoms with E-state index in [2.05, 4.69) is 16.8 Å². The molecule has 0 aliphatic carbocycles. The number of unbranched alkanes of at least 4 members (excludes halogenated alkanes) is 1. The van der Waals surface area contributed by atoms with Gasteiger partial charge in [-0.25, -0.2) is 18.1 Å². The molecule has 2 aromatic carbocycles. The van der Waals surface area contributed by atoms with Gasteiger partial charge in [-0.3, -0.25) is 4.79 Å². The summed E-state index contributed by atoms with van der Waals surface area (Å²) in [6, 6.07) is 15.2. The number of carbonyl (C=O) groups is 1. The highest BCUT2D eigenvalue weighted by Crippen LogP contribution is 2.24. The molecule has 1 amide bonds.